The highest BCUT2D eigenvalue weighted by Crippen LogP contribution is 2.28. The van der Waals surface area contributed by atoms with Crippen molar-refractivity contribution in [2.24, 2.45) is 0 Å². The Balaban J connectivity index is 1.39. The van der Waals surface area contributed by atoms with Crippen molar-refractivity contribution in [1.29, 1.82) is 0 Å². The average Bonchev–Trinajstić information content (AvgIpc) is 3.55. The fraction of sp³-hybridized carbons (Fsp3) is 0.250. The topological polar surface area (TPSA) is 94.3 Å². The summed E-state index contributed by atoms with van der Waals surface area (Å²) in [5, 5.41) is 14.2. The normalized spacial score (nSPS) is 11.2. The monoisotopic (exact) mass is 479 g/mol. The first kappa shape index (κ1) is 23.4. The van der Waals surface area contributed by atoms with Crippen LogP contribution in [0.4, 0.5) is 0 Å². The molecule has 0 atom stereocenters. The molecule has 5 aromatic rings. The number of hydrogen-bond acceptors (Lipinski definition) is 5. The number of hydrogen-bond donors (Lipinski definition) is 1. The summed E-state index contributed by atoms with van der Waals surface area (Å²) in [6.45, 7) is 4.82. The molecule has 2 aromatic carbocycles. The molecule has 0 saturated heterocycles. The molecule has 36 heavy (non-hydrogen) atoms. The molecule has 8 nitrogen and oxygen atoms in total. The average molecular weight is 480 g/mol. The number of rotatable bonds is 9. The lowest BCUT2D eigenvalue weighted by molar-refractivity contribution is 0.618. The molecular weight excluding hydrogens is 450 g/mol. The van der Waals surface area contributed by atoms with E-state index in [1.807, 2.05) is 78.5 Å². The van der Waals surface area contributed by atoms with Gasteiger partial charge in [0.1, 0.15) is 0 Å². The van der Waals surface area contributed by atoms with Gasteiger partial charge in [0.25, 0.3) is 0 Å². The number of para-hydroxylation sites is 1. The van der Waals surface area contributed by atoms with Crippen molar-refractivity contribution in [3.63, 3.8) is 0 Å². The lowest BCUT2D eigenvalue weighted by Gasteiger charge is -2.09. The van der Waals surface area contributed by atoms with Gasteiger partial charge in [-0.1, -0.05) is 61.9 Å². The van der Waals surface area contributed by atoms with Crippen molar-refractivity contribution in [2.45, 2.75) is 46.1 Å². The molecule has 0 bridgehead atoms. The Hall–Kier alpha value is -4.33. The number of imidazole rings is 1. The molecule has 5 rings (SSSR count). The Bertz CT molecular complexity index is 1500. The van der Waals surface area contributed by atoms with Gasteiger partial charge in [0.05, 0.1) is 11.4 Å². The van der Waals surface area contributed by atoms with Gasteiger partial charge in [0.2, 0.25) is 0 Å². The Morgan fingerprint density at radius 2 is 1.75 bits per heavy atom. The molecule has 0 radical (unpaired) electrons. The molecule has 3 aromatic heterocycles. The number of H-pyrrole nitrogens is 1. The molecule has 0 spiro atoms. The fourth-order valence-corrected chi connectivity index (χ4v) is 4.49. The van der Waals surface area contributed by atoms with Gasteiger partial charge in [0, 0.05) is 35.8 Å². The first-order chi connectivity index (χ1) is 17.7. The standard InChI is InChI=1S/C28H29N7O/c1-3-4-10-22-19-35(26-13-8-5-9-20(26)2)28(36)34(22)17-16-21-14-15-25(29-18-21)23-11-6-7-12-24(23)27-30-32-33-31-27/h5-9,11-15,18-19H,3-4,10,16-17H2,1-2H3,(H,30,31,32,33). The van der Waals surface area contributed by atoms with Crippen LogP contribution in [0.1, 0.15) is 36.6 Å². The third kappa shape index (κ3) is 4.75. The zero-order valence-electron chi connectivity index (χ0n) is 20.6. The van der Waals surface area contributed by atoms with Gasteiger partial charge in [0.15, 0.2) is 5.82 Å². The van der Waals surface area contributed by atoms with Crippen molar-refractivity contribution in [3.8, 4) is 28.3 Å². The molecule has 0 unspecified atom stereocenters. The Morgan fingerprint density at radius 1 is 0.944 bits per heavy atom. The van der Waals surface area contributed by atoms with Crippen molar-refractivity contribution >= 4 is 0 Å². The molecule has 1 N–H and O–H groups in total. The second kappa shape index (κ2) is 10.5. The number of pyridine rings is 1. The highest BCUT2D eigenvalue weighted by Gasteiger charge is 2.14. The Morgan fingerprint density at radius 3 is 2.47 bits per heavy atom. The van der Waals surface area contributed by atoms with Gasteiger partial charge < -0.3 is 0 Å². The van der Waals surface area contributed by atoms with Crippen molar-refractivity contribution in [3.05, 3.63) is 100 Å². The predicted octanol–water partition coefficient (Wildman–Crippen LogP) is 4.77. The van der Waals surface area contributed by atoms with E-state index in [-0.39, 0.29) is 5.69 Å². The zero-order valence-corrected chi connectivity index (χ0v) is 20.6. The first-order valence-electron chi connectivity index (χ1n) is 12.3. The minimum Gasteiger partial charge on any atom is -0.296 e. The predicted molar refractivity (Wildman–Crippen MR) is 140 cm³/mol. The molecule has 8 heteroatoms. The van der Waals surface area contributed by atoms with Crippen LogP contribution in [-0.4, -0.2) is 34.7 Å². The second-order valence-electron chi connectivity index (χ2n) is 8.91. The van der Waals surface area contributed by atoms with E-state index in [4.69, 9.17) is 4.98 Å². The number of aromatic amines is 1. The van der Waals surface area contributed by atoms with Crippen molar-refractivity contribution in [1.82, 2.24) is 34.7 Å². The summed E-state index contributed by atoms with van der Waals surface area (Å²) < 4.78 is 3.71. The number of aryl methyl sites for hydroxylation is 3. The maximum atomic E-state index is 13.4. The van der Waals surface area contributed by atoms with Gasteiger partial charge in [-0.3, -0.25) is 14.1 Å². The minimum atomic E-state index is 0.00887. The van der Waals surface area contributed by atoms with E-state index in [0.29, 0.717) is 12.4 Å². The zero-order chi connectivity index (χ0) is 24.9. The van der Waals surface area contributed by atoms with Gasteiger partial charge in [-0.2, -0.15) is 0 Å². The quantitative estimate of drug-likeness (QED) is 0.328. The first-order valence-corrected chi connectivity index (χ1v) is 12.3. The number of unbranched alkanes of at least 4 members (excludes halogenated alkanes) is 1. The number of benzene rings is 2. The van der Waals surface area contributed by atoms with Crippen molar-refractivity contribution in [2.75, 3.05) is 0 Å². The number of nitrogens with zero attached hydrogens (tertiary/aromatic N) is 6. The van der Waals surface area contributed by atoms with E-state index >= 15 is 0 Å². The van der Waals surface area contributed by atoms with E-state index < -0.39 is 0 Å². The van der Waals surface area contributed by atoms with E-state index in [1.165, 1.54) is 0 Å². The van der Waals surface area contributed by atoms with Crippen LogP contribution in [0, 0.1) is 6.92 Å². The molecular formula is C28H29N7O. The van der Waals surface area contributed by atoms with Gasteiger partial charge in [-0.25, -0.2) is 9.89 Å². The maximum absolute atomic E-state index is 13.4. The van der Waals surface area contributed by atoms with Gasteiger partial charge in [-0.05, 0) is 59.9 Å². The molecule has 0 aliphatic heterocycles. The van der Waals surface area contributed by atoms with Gasteiger partial charge in [-0.15, -0.1) is 5.10 Å². The highest BCUT2D eigenvalue weighted by molar-refractivity contribution is 5.78. The summed E-state index contributed by atoms with van der Waals surface area (Å²) >= 11 is 0. The summed E-state index contributed by atoms with van der Waals surface area (Å²) in [5.41, 5.74) is 6.87. The Labute approximate surface area is 209 Å². The molecule has 0 amide bonds. The van der Waals surface area contributed by atoms with Crippen LogP contribution in [-0.2, 0) is 19.4 Å². The number of tetrazole rings is 1. The summed E-state index contributed by atoms with van der Waals surface area (Å²) in [5.74, 6) is 0.605. The lowest BCUT2D eigenvalue weighted by atomic mass is 10.0. The molecule has 0 aliphatic rings. The van der Waals surface area contributed by atoms with Crippen LogP contribution >= 0.6 is 0 Å². The van der Waals surface area contributed by atoms with Crippen LogP contribution < -0.4 is 5.69 Å². The highest BCUT2D eigenvalue weighted by atomic mass is 16.1. The molecule has 0 aliphatic carbocycles. The summed E-state index contributed by atoms with van der Waals surface area (Å²) in [7, 11) is 0. The SMILES string of the molecule is CCCCc1cn(-c2ccccc2C)c(=O)n1CCc1ccc(-c2ccccc2-c2nnn[nH]2)nc1. The van der Waals surface area contributed by atoms with Crippen molar-refractivity contribution < 1.29 is 0 Å². The van der Waals surface area contributed by atoms with Crippen LogP contribution in [0.5, 0.6) is 0 Å². The summed E-state index contributed by atoms with van der Waals surface area (Å²) in [4.78, 5) is 18.1. The van der Waals surface area contributed by atoms with E-state index in [2.05, 4.69) is 33.6 Å². The smallest absolute Gasteiger partial charge is 0.296 e. The van der Waals surface area contributed by atoms with Gasteiger partial charge >= 0.3 is 5.69 Å². The fourth-order valence-electron chi connectivity index (χ4n) is 4.49. The summed E-state index contributed by atoms with van der Waals surface area (Å²) in [6, 6.07) is 20.0. The van der Waals surface area contributed by atoms with E-state index in [9.17, 15) is 4.79 Å². The van der Waals surface area contributed by atoms with Crippen LogP contribution in [0.2, 0.25) is 0 Å². The van der Waals surface area contributed by atoms with Crippen LogP contribution in [0.15, 0.2) is 77.9 Å². The van der Waals surface area contributed by atoms with E-state index in [1.54, 1.807) is 4.57 Å². The van der Waals surface area contributed by atoms with E-state index in [0.717, 1.165) is 65.0 Å². The summed E-state index contributed by atoms with van der Waals surface area (Å²) in [6.07, 6.45) is 7.64. The molecule has 3 heterocycles. The molecule has 182 valence electrons. The third-order valence-electron chi connectivity index (χ3n) is 6.48. The second-order valence-corrected chi connectivity index (χ2v) is 8.91. The maximum Gasteiger partial charge on any atom is 0.332 e. The number of aromatic nitrogens is 7. The Kier molecular flexibility index (Phi) is 6.84. The largest absolute Gasteiger partial charge is 0.332 e. The molecule has 0 saturated carbocycles. The number of nitrogens with one attached hydrogen (secondary N) is 1. The molecule has 0 fully saturated rings. The third-order valence-corrected chi connectivity index (χ3v) is 6.48. The van der Waals surface area contributed by atoms with Crippen LogP contribution in [0.3, 0.4) is 0 Å². The lowest BCUT2D eigenvalue weighted by Crippen LogP contribution is -2.25. The minimum absolute atomic E-state index is 0.00887. The van der Waals surface area contributed by atoms with Crippen LogP contribution in [0.25, 0.3) is 28.3 Å².